The zero-order chi connectivity index (χ0) is 15.2. The monoisotopic (exact) mass is 285 g/mol. The Kier molecular flexibility index (Phi) is 3.61. The summed E-state index contributed by atoms with van der Waals surface area (Å²) in [5, 5.41) is 9.87. The molecular formula is C19H27NO. The molecule has 0 radical (unpaired) electrons. The van der Waals surface area contributed by atoms with Gasteiger partial charge in [-0.15, -0.1) is 0 Å². The van der Waals surface area contributed by atoms with E-state index < -0.39 is 0 Å². The highest BCUT2D eigenvalue weighted by atomic mass is 16.3. The highest BCUT2D eigenvalue weighted by molar-refractivity contribution is 5.44. The Balaban J connectivity index is 1.96. The van der Waals surface area contributed by atoms with Gasteiger partial charge in [-0.25, -0.2) is 0 Å². The number of phenolic OH excluding ortho intramolecular Hbond substituents is 1. The normalized spacial score (nSPS) is 31.6. The molecule has 1 aliphatic heterocycles. The maximum atomic E-state index is 9.87. The summed E-state index contributed by atoms with van der Waals surface area (Å²) >= 11 is 0. The third-order valence-corrected chi connectivity index (χ3v) is 5.84. The van der Waals surface area contributed by atoms with Crippen LogP contribution in [0.2, 0.25) is 0 Å². The van der Waals surface area contributed by atoms with E-state index in [1.54, 1.807) is 0 Å². The van der Waals surface area contributed by atoms with Crippen molar-refractivity contribution in [1.29, 1.82) is 0 Å². The number of likely N-dealkylation sites (tertiary alicyclic amines) is 1. The van der Waals surface area contributed by atoms with Crippen molar-refractivity contribution in [2.24, 2.45) is 5.92 Å². The summed E-state index contributed by atoms with van der Waals surface area (Å²) in [6.45, 7) is 11.4. The number of phenols is 1. The van der Waals surface area contributed by atoms with E-state index in [4.69, 9.17) is 0 Å². The van der Waals surface area contributed by atoms with Crippen molar-refractivity contribution in [2.45, 2.75) is 52.0 Å². The smallest absolute Gasteiger partial charge is 0.115 e. The van der Waals surface area contributed by atoms with E-state index in [1.165, 1.54) is 23.1 Å². The molecule has 0 saturated carbocycles. The highest BCUT2D eigenvalue weighted by Crippen LogP contribution is 2.49. The number of rotatable bonds is 2. The van der Waals surface area contributed by atoms with Crippen LogP contribution in [0.25, 0.3) is 0 Å². The van der Waals surface area contributed by atoms with Gasteiger partial charge in [0, 0.05) is 12.6 Å². The van der Waals surface area contributed by atoms with Gasteiger partial charge in [-0.1, -0.05) is 31.6 Å². The summed E-state index contributed by atoms with van der Waals surface area (Å²) in [7, 11) is 0. The molecule has 114 valence electrons. The predicted octanol–water partition coefficient (Wildman–Crippen LogP) is 3.88. The molecule has 2 unspecified atom stereocenters. The van der Waals surface area contributed by atoms with Crippen LogP contribution >= 0.6 is 0 Å². The van der Waals surface area contributed by atoms with Crippen molar-refractivity contribution in [3.05, 3.63) is 41.0 Å². The Bertz CT molecular complexity index is 573. The van der Waals surface area contributed by atoms with Gasteiger partial charge >= 0.3 is 0 Å². The second-order valence-electron chi connectivity index (χ2n) is 7.35. The maximum absolute atomic E-state index is 9.87. The van der Waals surface area contributed by atoms with Gasteiger partial charge in [0.25, 0.3) is 0 Å². The summed E-state index contributed by atoms with van der Waals surface area (Å²) in [5.74, 6) is 1.04. The van der Waals surface area contributed by atoms with E-state index in [1.807, 2.05) is 12.1 Å². The summed E-state index contributed by atoms with van der Waals surface area (Å²) < 4.78 is 0. The standard InChI is InChI=1S/C19H27NO/c1-13(2)7-9-20-10-8-19(4)14(3)18(20)11-15-5-6-16(21)12-17(15)19/h5-7,12,14,18,21H,8-11H2,1-4H3/t14?,18?,19-/m1/s1. The fourth-order valence-corrected chi connectivity index (χ4v) is 4.22. The molecular weight excluding hydrogens is 258 g/mol. The Morgan fingerprint density at radius 2 is 2.19 bits per heavy atom. The lowest BCUT2D eigenvalue weighted by Crippen LogP contribution is -2.57. The molecule has 2 bridgehead atoms. The van der Waals surface area contributed by atoms with Crippen molar-refractivity contribution in [3.63, 3.8) is 0 Å². The van der Waals surface area contributed by atoms with E-state index in [0.717, 1.165) is 19.5 Å². The first-order chi connectivity index (χ1) is 9.91. The first-order valence-electron chi connectivity index (χ1n) is 8.11. The molecule has 0 aromatic heterocycles. The molecule has 1 aromatic carbocycles. The minimum atomic E-state index is 0.207. The largest absolute Gasteiger partial charge is 0.508 e. The summed E-state index contributed by atoms with van der Waals surface area (Å²) in [4.78, 5) is 2.65. The molecule has 1 fully saturated rings. The molecule has 0 amide bonds. The Hall–Kier alpha value is -1.28. The zero-order valence-electron chi connectivity index (χ0n) is 13.7. The average Bonchev–Trinajstić information content (AvgIpc) is 2.43. The van der Waals surface area contributed by atoms with Crippen LogP contribution in [0.5, 0.6) is 5.75 Å². The number of hydrogen-bond acceptors (Lipinski definition) is 2. The van der Waals surface area contributed by atoms with E-state index in [0.29, 0.717) is 17.7 Å². The number of aromatic hydroxyl groups is 1. The van der Waals surface area contributed by atoms with Crippen LogP contribution in [-0.4, -0.2) is 29.1 Å². The lowest BCUT2D eigenvalue weighted by Gasteiger charge is -2.54. The number of allylic oxidation sites excluding steroid dienone is 1. The fraction of sp³-hybridized carbons (Fsp3) is 0.579. The van der Waals surface area contributed by atoms with Gasteiger partial charge in [0.1, 0.15) is 5.75 Å². The fourth-order valence-electron chi connectivity index (χ4n) is 4.22. The summed E-state index contributed by atoms with van der Waals surface area (Å²) in [6, 6.07) is 6.60. The average molecular weight is 285 g/mol. The molecule has 2 heteroatoms. The number of benzene rings is 1. The van der Waals surface area contributed by atoms with Crippen LogP contribution in [-0.2, 0) is 11.8 Å². The van der Waals surface area contributed by atoms with Gasteiger partial charge in [-0.2, -0.15) is 0 Å². The van der Waals surface area contributed by atoms with Gasteiger partial charge in [-0.3, -0.25) is 4.90 Å². The van der Waals surface area contributed by atoms with Crippen LogP contribution in [0.4, 0.5) is 0 Å². The first-order valence-corrected chi connectivity index (χ1v) is 8.11. The zero-order valence-corrected chi connectivity index (χ0v) is 13.7. The van der Waals surface area contributed by atoms with Crippen LogP contribution in [0.3, 0.4) is 0 Å². The van der Waals surface area contributed by atoms with Gasteiger partial charge in [-0.05, 0) is 67.8 Å². The second kappa shape index (κ2) is 5.17. The Morgan fingerprint density at radius 1 is 1.43 bits per heavy atom. The predicted molar refractivity (Wildman–Crippen MR) is 87.7 cm³/mol. The van der Waals surface area contributed by atoms with Crippen molar-refractivity contribution in [1.82, 2.24) is 4.90 Å². The van der Waals surface area contributed by atoms with Crippen LogP contribution in [0.15, 0.2) is 29.8 Å². The maximum Gasteiger partial charge on any atom is 0.115 e. The first kappa shape index (κ1) is 14.6. The molecule has 3 rings (SSSR count). The topological polar surface area (TPSA) is 23.5 Å². The van der Waals surface area contributed by atoms with Gasteiger partial charge < -0.3 is 5.11 Å². The molecule has 1 heterocycles. The van der Waals surface area contributed by atoms with Crippen molar-refractivity contribution >= 4 is 0 Å². The van der Waals surface area contributed by atoms with Crippen molar-refractivity contribution < 1.29 is 5.11 Å². The molecule has 1 saturated heterocycles. The Labute approximate surface area is 128 Å². The van der Waals surface area contributed by atoms with E-state index in [-0.39, 0.29) is 5.41 Å². The third kappa shape index (κ3) is 2.40. The van der Waals surface area contributed by atoms with E-state index in [9.17, 15) is 5.11 Å². The van der Waals surface area contributed by atoms with Gasteiger partial charge in [0.05, 0.1) is 0 Å². The minimum Gasteiger partial charge on any atom is -0.508 e. The molecule has 0 spiro atoms. The summed E-state index contributed by atoms with van der Waals surface area (Å²) in [6.07, 6.45) is 4.64. The van der Waals surface area contributed by atoms with E-state index in [2.05, 4.69) is 44.7 Å². The van der Waals surface area contributed by atoms with Gasteiger partial charge in [0.2, 0.25) is 0 Å². The molecule has 2 nitrogen and oxygen atoms in total. The van der Waals surface area contributed by atoms with Crippen LogP contribution < -0.4 is 0 Å². The van der Waals surface area contributed by atoms with Gasteiger partial charge in [0.15, 0.2) is 0 Å². The Morgan fingerprint density at radius 3 is 2.90 bits per heavy atom. The minimum absolute atomic E-state index is 0.207. The van der Waals surface area contributed by atoms with Crippen LogP contribution in [0, 0.1) is 5.92 Å². The van der Waals surface area contributed by atoms with Crippen LogP contribution in [0.1, 0.15) is 45.2 Å². The van der Waals surface area contributed by atoms with Crippen molar-refractivity contribution in [2.75, 3.05) is 13.1 Å². The second-order valence-corrected chi connectivity index (χ2v) is 7.35. The molecule has 2 aliphatic rings. The summed E-state index contributed by atoms with van der Waals surface area (Å²) in [5.41, 5.74) is 4.42. The molecule has 1 aliphatic carbocycles. The van der Waals surface area contributed by atoms with E-state index >= 15 is 0 Å². The lowest BCUT2D eigenvalue weighted by molar-refractivity contribution is 0.0397. The third-order valence-electron chi connectivity index (χ3n) is 5.84. The molecule has 3 atom stereocenters. The SMILES string of the molecule is CC(C)=CCN1CC[C@@]2(C)c3cc(O)ccc3CC1C2C. The number of piperidine rings is 1. The lowest BCUT2D eigenvalue weighted by atomic mass is 9.59. The number of fused-ring (bicyclic) bond motifs is 4. The quantitative estimate of drug-likeness (QED) is 0.834. The molecule has 21 heavy (non-hydrogen) atoms. The van der Waals surface area contributed by atoms with Crippen molar-refractivity contribution in [3.8, 4) is 5.75 Å². The number of hydrogen-bond donors (Lipinski definition) is 1. The molecule has 1 aromatic rings. The number of nitrogens with zero attached hydrogens (tertiary/aromatic N) is 1. The molecule has 1 N–H and O–H groups in total. The highest BCUT2D eigenvalue weighted by Gasteiger charge is 2.48.